The van der Waals surface area contributed by atoms with Crippen molar-refractivity contribution in [1.29, 1.82) is 0 Å². The zero-order valence-electron chi connectivity index (χ0n) is 10.7. The summed E-state index contributed by atoms with van der Waals surface area (Å²) >= 11 is 0. The van der Waals surface area contributed by atoms with Gasteiger partial charge in [0.2, 0.25) is 0 Å². The molecule has 0 aromatic heterocycles. The van der Waals surface area contributed by atoms with Crippen molar-refractivity contribution >= 4 is 0 Å². The highest BCUT2D eigenvalue weighted by atomic mass is 19.2. The molecule has 0 bridgehead atoms. The van der Waals surface area contributed by atoms with Gasteiger partial charge in [-0.3, -0.25) is 0 Å². The van der Waals surface area contributed by atoms with Crippen LogP contribution in [0.5, 0.6) is 0 Å². The van der Waals surface area contributed by atoms with Gasteiger partial charge in [-0.15, -0.1) is 0 Å². The van der Waals surface area contributed by atoms with Gasteiger partial charge in [0.1, 0.15) is 0 Å². The minimum Gasteiger partial charge on any atom is -0.396 e. The van der Waals surface area contributed by atoms with Crippen LogP contribution in [-0.2, 0) is 6.42 Å². The molecule has 0 saturated carbocycles. The van der Waals surface area contributed by atoms with E-state index in [-0.39, 0.29) is 12.5 Å². The maximum atomic E-state index is 13.2. The molecule has 0 aliphatic carbocycles. The van der Waals surface area contributed by atoms with Gasteiger partial charge < -0.3 is 5.11 Å². The maximum Gasteiger partial charge on any atom is 0.159 e. The quantitative estimate of drug-likeness (QED) is 0.892. The number of hydrogen-bond donors (Lipinski definition) is 1. The smallest absolute Gasteiger partial charge is 0.159 e. The Balaban J connectivity index is 2.21. The fraction of sp³-hybridized carbons (Fsp3) is 0.250. The van der Waals surface area contributed by atoms with Gasteiger partial charge >= 0.3 is 0 Å². The Morgan fingerprint density at radius 1 is 1.05 bits per heavy atom. The highest BCUT2D eigenvalue weighted by Gasteiger charge is 2.13. The van der Waals surface area contributed by atoms with E-state index in [1.54, 1.807) is 6.07 Å². The number of aliphatic hydroxyl groups is 1. The van der Waals surface area contributed by atoms with E-state index in [1.807, 2.05) is 31.2 Å². The summed E-state index contributed by atoms with van der Waals surface area (Å²) in [5, 5.41) is 9.49. The van der Waals surface area contributed by atoms with E-state index in [2.05, 4.69) is 0 Å². The third-order valence-electron chi connectivity index (χ3n) is 3.20. The first kappa shape index (κ1) is 13.7. The number of benzene rings is 2. The van der Waals surface area contributed by atoms with Gasteiger partial charge in [0.25, 0.3) is 0 Å². The second kappa shape index (κ2) is 5.93. The zero-order valence-corrected chi connectivity index (χ0v) is 10.7. The Morgan fingerprint density at radius 2 is 1.84 bits per heavy atom. The summed E-state index contributed by atoms with van der Waals surface area (Å²) in [4.78, 5) is 0. The number of halogens is 2. The number of hydrogen-bond acceptors (Lipinski definition) is 1. The van der Waals surface area contributed by atoms with Crippen LogP contribution in [0.15, 0.2) is 42.5 Å². The standard InChI is InChI=1S/C16H16F2O/c1-11-3-2-4-13(7-11)14(10-19)8-12-5-6-15(17)16(18)9-12/h2-7,9,14,19H,8,10H2,1H3. The summed E-state index contributed by atoms with van der Waals surface area (Å²) in [6.45, 7) is 1.96. The van der Waals surface area contributed by atoms with Gasteiger partial charge in [0, 0.05) is 5.92 Å². The van der Waals surface area contributed by atoms with Gasteiger partial charge in [-0.05, 0) is 36.6 Å². The summed E-state index contributed by atoms with van der Waals surface area (Å²) in [7, 11) is 0. The lowest BCUT2D eigenvalue weighted by Crippen LogP contribution is -2.08. The van der Waals surface area contributed by atoms with E-state index < -0.39 is 11.6 Å². The van der Waals surface area contributed by atoms with Crippen molar-refractivity contribution in [3.8, 4) is 0 Å². The first-order valence-electron chi connectivity index (χ1n) is 6.21. The number of aryl methyl sites for hydroxylation is 1. The summed E-state index contributed by atoms with van der Waals surface area (Å²) in [6.07, 6.45) is 0.483. The summed E-state index contributed by atoms with van der Waals surface area (Å²) < 4.78 is 26.0. The molecule has 100 valence electrons. The molecule has 0 spiro atoms. The summed E-state index contributed by atoms with van der Waals surface area (Å²) in [5.74, 6) is -1.80. The summed E-state index contributed by atoms with van der Waals surface area (Å²) in [5.41, 5.74) is 2.80. The molecule has 1 atom stereocenters. The van der Waals surface area contributed by atoms with Gasteiger partial charge in [-0.25, -0.2) is 8.78 Å². The molecule has 0 amide bonds. The molecule has 0 heterocycles. The van der Waals surface area contributed by atoms with Crippen molar-refractivity contribution in [2.24, 2.45) is 0 Å². The van der Waals surface area contributed by atoms with Crippen LogP contribution in [0.4, 0.5) is 8.78 Å². The second-order valence-corrected chi connectivity index (χ2v) is 4.75. The van der Waals surface area contributed by atoms with Crippen molar-refractivity contribution in [3.05, 3.63) is 70.8 Å². The van der Waals surface area contributed by atoms with Crippen LogP contribution in [0.2, 0.25) is 0 Å². The molecule has 0 radical (unpaired) electrons. The Labute approximate surface area is 111 Å². The average molecular weight is 262 g/mol. The lowest BCUT2D eigenvalue weighted by atomic mass is 9.92. The molecule has 1 nitrogen and oxygen atoms in total. The molecule has 1 N–H and O–H groups in total. The molecule has 0 aliphatic rings. The average Bonchev–Trinajstić information content (AvgIpc) is 2.40. The van der Waals surface area contributed by atoms with Gasteiger partial charge in [-0.1, -0.05) is 35.9 Å². The molecule has 0 saturated heterocycles. The number of aliphatic hydroxyl groups excluding tert-OH is 1. The topological polar surface area (TPSA) is 20.2 Å². The molecule has 19 heavy (non-hydrogen) atoms. The van der Waals surface area contributed by atoms with Crippen molar-refractivity contribution < 1.29 is 13.9 Å². The predicted molar refractivity (Wildman–Crippen MR) is 71.1 cm³/mol. The Kier molecular flexibility index (Phi) is 4.27. The third-order valence-corrected chi connectivity index (χ3v) is 3.20. The van der Waals surface area contributed by atoms with Crippen LogP contribution in [0.1, 0.15) is 22.6 Å². The van der Waals surface area contributed by atoms with E-state index in [0.717, 1.165) is 17.2 Å². The maximum absolute atomic E-state index is 13.2. The van der Waals surface area contributed by atoms with Crippen molar-refractivity contribution in [2.75, 3.05) is 6.61 Å². The van der Waals surface area contributed by atoms with Crippen molar-refractivity contribution in [2.45, 2.75) is 19.3 Å². The fourth-order valence-corrected chi connectivity index (χ4v) is 2.16. The van der Waals surface area contributed by atoms with Crippen LogP contribution in [0.3, 0.4) is 0 Å². The van der Waals surface area contributed by atoms with E-state index in [1.165, 1.54) is 6.07 Å². The largest absolute Gasteiger partial charge is 0.396 e. The van der Waals surface area contributed by atoms with Crippen molar-refractivity contribution in [1.82, 2.24) is 0 Å². The molecule has 1 unspecified atom stereocenters. The number of rotatable bonds is 4. The molecule has 2 aromatic rings. The molecular weight excluding hydrogens is 246 g/mol. The van der Waals surface area contributed by atoms with E-state index in [0.29, 0.717) is 12.0 Å². The Bertz CT molecular complexity index is 566. The fourth-order valence-electron chi connectivity index (χ4n) is 2.16. The minimum absolute atomic E-state index is 0.0253. The van der Waals surface area contributed by atoms with Crippen LogP contribution in [0, 0.1) is 18.6 Å². The molecule has 0 aliphatic heterocycles. The third kappa shape index (κ3) is 3.38. The predicted octanol–water partition coefficient (Wildman–Crippen LogP) is 3.59. The monoisotopic (exact) mass is 262 g/mol. The highest BCUT2D eigenvalue weighted by Crippen LogP contribution is 2.22. The molecule has 2 aromatic carbocycles. The highest BCUT2D eigenvalue weighted by molar-refractivity contribution is 5.28. The second-order valence-electron chi connectivity index (χ2n) is 4.75. The molecule has 0 fully saturated rings. The molecular formula is C16H16F2O. The SMILES string of the molecule is Cc1cccc(C(CO)Cc2ccc(F)c(F)c2)c1. The minimum atomic E-state index is -0.849. The van der Waals surface area contributed by atoms with Crippen LogP contribution in [-0.4, -0.2) is 11.7 Å². The van der Waals surface area contributed by atoms with Crippen LogP contribution < -0.4 is 0 Å². The van der Waals surface area contributed by atoms with Crippen LogP contribution in [0.25, 0.3) is 0 Å². The summed E-state index contributed by atoms with van der Waals surface area (Å²) in [6, 6.07) is 11.7. The zero-order chi connectivity index (χ0) is 13.8. The first-order valence-corrected chi connectivity index (χ1v) is 6.21. The van der Waals surface area contributed by atoms with E-state index in [9.17, 15) is 13.9 Å². The van der Waals surface area contributed by atoms with Gasteiger partial charge in [0.15, 0.2) is 11.6 Å². The van der Waals surface area contributed by atoms with Gasteiger partial charge in [0.05, 0.1) is 6.61 Å². The van der Waals surface area contributed by atoms with E-state index in [4.69, 9.17) is 0 Å². The normalized spacial score (nSPS) is 12.4. The van der Waals surface area contributed by atoms with Gasteiger partial charge in [-0.2, -0.15) is 0 Å². The van der Waals surface area contributed by atoms with Crippen LogP contribution >= 0.6 is 0 Å². The Morgan fingerprint density at radius 3 is 2.47 bits per heavy atom. The molecule has 3 heteroatoms. The Hall–Kier alpha value is -1.74. The molecule has 2 rings (SSSR count). The van der Waals surface area contributed by atoms with Crippen molar-refractivity contribution in [3.63, 3.8) is 0 Å². The lowest BCUT2D eigenvalue weighted by molar-refractivity contribution is 0.264. The lowest BCUT2D eigenvalue weighted by Gasteiger charge is -2.15. The van der Waals surface area contributed by atoms with E-state index >= 15 is 0 Å². The first-order chi connectivity index (χ1) is 9.10.